The molecule has 0 saturated carbocycles. The van der Waals surface area contributed by atoms with E-state index in [0.29, 0.717) is 18.5 Å². The zero-order valence-corrected chi connectivity index (χ0v) is 20.9. The Labute approximate surface area is 204 Å². The Kier molecular flexibility index (Phi) is 8.30. The molecule has 2 aromatic rings. The van der Waals surface area contributed by atoms with E-state index in [-0.39, 0.29) is 34.2 Å². The van der Waals surface area contributed by atoms with E-state index in [1.807, 2.05) is 30.4 Å². The van der Waals surface area contributed by atoms with Crippen LogP contribution in [0.1, 0.15) is 49.0 Å². The first-order chi connectivity index (χ1) is 16.4. The van der Waals surface area contributed by atoms with Crippen LogP contribution < -0.4 is 9.62 Å². The number of alkyl halides is 3. The molecule has 0 bridgehead atoms. The van der Waals surface area contributed by atoms with Crippen molar-refractivity contribution >= 4 is 49.5 Å². The summed E-state index contributed by atoms with van der Waals surface area (Å²) in [4.78, 5) is 13.9. The Morgan fingerprint density at radius 3 is 2.69 bits per heavy atom. The van der Waals surface area contributed by atoms with Crippen molar-refractivity contribution in [3.05, 3.63) is 22.7 Å². The lowest BCUT2D eigenvalue weighted by molar-refractivity contribution is -0.106. The monoisotopic (exact) mass is 534 g/mol. The SMILES string of the molecule is CCCOC(=O)c1nnc(N=Nc2cc3c(cc2NS(=O)(=O)CC(F)(F)F)N(C(C)C)CCC3)s1. The molecule has 0 saturated heterocycles. The number of anilines is 2. The van der Waals surface area contributed by atoms with Crippen molar-refractivity contribution in [2.45, 2.75) is 52.3 Å². The summed E-state index contributed by atoms with van der Waals surface area (Å²) in [5, 5.41) is 15.4. The minimum Gasteiger partial charge on any atom is -0.460 e. The fourth-order valence-corrected chi connectivity index (χ4v) is 5.02. The second kappa shape index (κ2) is 10.8. The largest absolute Gasteiger partial charge is 0.460 e. The molecule has 0 fully saturated rings. The second-order valence-corrected chi connectivity index (χ2v) is 10.8. The van der Waals surface area contributed by atoms with Crippen LogP contribution in [0.4, 0.5) is 35.4 Å². The maximum Gasteiger partial charge on any atom is 0.404 e. The van der Waals surface area contributed by atoms with E-state index in [9.17, 15) is 26.4 Å². The van der Waals surface area contributed by atoms with Gasteiger partial charge in [-0.1, -0.05) is 18.3 Å². The maximum absolute atomic E-state index is 12.8. The second-order valence-electron chi connectivity index (χ2n) is 8.09. The van der Waals surface area contributed by atoms with Crippen LogP contribution in [0.15, 0.2) is 22.4 Å². The molecular formula is C20H25F3N6O4S2. The summed E-state index contributed by atoms with van der Waals surface area (Å²) in [6, 6.07) is 3.16. The van der Waals surface area contributed by atoms with Crippen LogP contribution in [0.25, 0.3) is 0 Å². The molecule has 0 spiro atoms. The summed E-state index contributed by atoms with van der Waals surface area (Å²) in [5.41, 5.74) is 1.45. The molecule has 10 nitrogen and oxygen atoms in total. The minimum atomic E-state index is -4.92. The minimum absolute atomic E-state index is 0.000857. The number of benzene rings is 1. The first-order valence-corrected chi connectivity index (χ1v) is 13.3. The van der Waals surface area contributed by atoms with Crippen LogP contribution >= 0.6 is 11.3 Å². The molecule has 1 aliphatic rings. The van der Waals surface area contributed by atoms with Crippen LogP contribution in [0, 0.1) is 0 Å². The highest BCUT2D eigenvalue weighted by molar-refractivity contribution is 7.92. The van der Waals surface area contributed by atoms with Gasteiger partial charge in [0.25, 0.3) is 5.13 Å². The topological polar surface area (TPSA) is 126 Å². The maximum atomic E-state index is 12.8. The summed E-state index contributed by atoms with van der Waals surface area (Å²) in [6.45, 7) is 6.72. The third kappa shape index (κ3) is 7.34. The predicted molar refractivity (Wildman–Crippen MR) is 125 cm³/mol. The van der Waals surface area contributed by atoms with Crippen molar-refractivity contribution in [3.8, 4) is 0 Å². The Bertz CT molecular complexity index is 1200. The number of carbonyl (C=O) groups is 1. The number of halogens is 3. The van der Waals surface area contributed by atoms with Gasteiger partial charge in [-0.15, -0.1) is 20.4 Å². The van der Waals surface area contributed by atoms with Crippen LogP contribution in [0.5, 0.6) is 0 Å². The van der Waals surface area contributed by atoms with Gasteiger partial charge in [0.2, 0.25) is 15.0 Å². The number of ether oxygens (including phenoxy) is 1. The van der Waals surface area contributed by atoms with Gasteiger partial charge in [0, 0.05) is 18.3 Å². The summed E-state index contributed by atoms with van der Waals surface area (Å²) in [5.74, 6) is -2.70. The van der Waals surface area contributed by atoms with Gasteiger partial charge in [-0.25, -0.2) is 13.2 Å². The fourth-order valence-electron chi connectivity index (χ4n) is 3.46. The molecule has 1 aliphatic heterocycles. The summed E-state index contributed by atoms with van der Waals surface area (Å²) >= 11 is 0.818. The van der Waals surface area contributed by atoms with Gasteiger partial charge >= 0.3 is 12.1 Å². The number of nitrogens with one attached hydrogen (secondary N) is 1. The van der Waals surface area contributed by atoms with Crippen LogP contribution in [-0.4, -0.2) is 55.7 Å². The number of fused-ring (bicyclic) bond motifs is 1. The molecule has 0 unspecified atom stereocenters. The predicted octanol–water partition coefficient (Wildman–Crippen LogP) is 4.99. The molecule has 192 valence electrons. The molecule has 15 heteroatoms. The lowest BCUT2D eigenvalue weighted by Crippen LogP contribution is -2.35. The number of carbonyl (C=O) groups excluding carboxylic acids is 1. The van der Waals surface area contributed by atoms with E-state index in [1.165, 1.54) is 6.07 Å². The van der Waals surface area contributed by atoms with Gasteiger partial charge in [0.05, 0.1) is 12.3 Å². The van der Waals surface area contributed by atoms with Crippen molar-refractivity contribution in [1.29, 1.82) is 0 Å². The molecular weight excluding hydrogens is 509 g/mol. The molecule has 0 atom stereocenters. The molecule has 1 aromatic carbocycles. The van der Waals surface area contributed by atoms with Crippen molar-refractivity contribution in [2.75, 3.05) is 28.5 Å². The lowest BCUT2D eigenvalue weighted by atomic mass is 9.99. The highest BCUT2D eigenvalue weighted by Crippen LogP contribution is 2.39. The number of esters is 1. The van der Waals surface area contributed by atoms with Crippen molar-refractivity contribution in [3.63, 3.8) is 0 Å². The average Bonchev–Trinajstić information content (AvgIpc) is 3.22. The van der Waals surface area contributed by atoms with E-state index in [4.69, 9.17) is 4.74 Å². The Morgan fingerprint density at radius 1 is 1.29 bits per heavy atom. The summed E-state index contributed by atoms with van der Waals surface area (Å²) in [7, 11) is -4.76. The molecule has 0 amide bonds. The molecule has 1 aromatic heterocycles. The number of nitrogens with zero attached hydrogens (tertiary/aromatic N) is 5. The van der Waals surface area contributed by atoms with Crippen LogP contribution in [0.2, 0.25) is 0 Å². The number of aromatic nitrogens is 2. The van der Waals surface area contributed by atoms with Crippen molar-refractivity contribution in [2.24, 2.45) is 10.2 Å². The van der Waals surface area contributed by atoms with Gasteiger partial charge in [0.1, 0.15) is 5.69 Å². The van der Waals surface area contributed by atoms with E-state index in [0.717, 1.165) is 29.9 Å². The first kappa shape index (κ1) is 26.8. The number of hydrogen-bond donors (Lipinski definition) is 1. The van der Waals surface area contributed by atoms with Gasteiger partial charge in [0.15, 0.2) is 5.75 Å². The first-order valence-electron chi connectivity index (χ1n) is 10.8. The quantitative estimate of drug-likeness (QED) is 0.355. The molecule has 3 rings (SSSR count). The van der Waals surface area contributed by atoms with Gasteiger partial charge in [-0.2, -0.15) is 13.2 Å². The van der Waals surface area contributed by atoms with E-state index in [2.05, 4.69) is 20.4 Å². The Hall–Kier alpha value is -2.81. The number of aryl methyl sites for hydroxylation is 1. The molecule has 0 aliphatic carbocycles. The normalized spacial score (nSPS) is 14.4. The summed E-state index contributed by atoms with van der Waals surface area (Å²) < 4.78 is 69.8. The van der Waals surface area contributed by atoms with Crippen molar-refractivity contribution in [1.82, 2.24) is 10.2 Å². The third-order valence-corrected chi connectivity index (χ3v) is 6.89. The number of hydrogen-bond acceptors (Lipinski definition) is 10. The van der Waals surface area contributed by atoms with E-state index >= 15 is 0 Å². The smallest absolute Gasteiger partial charge is 0.404 e. The van der Waals surface area contributed by atoms with Crippen LogP contribution in [-0.2, 0) is 21.2 Å². The Morgan fingerprint density at radius 2 is 2.03 bits per heavy atom. The molecule has 0 radical (unpaired) electrons. The lowest BCUT2D eigenvalue weighted by Gasteiger charge is -2.35. The van der Waals surface area contributed by atoms with Crippen LogP contribution in [0.3, 0.4) is 0 Å². The van der Waals surface area contributed by atoms with E-state index in [1.54, 1.807) is 6.07 Å². The standard InChI is InChI=1S/C20H25F3N6O4S2/c1-4-8-33-18(30)17-25-27-19(34-17)26-24-14-9-13-6-5-7-29(12(2)3)16(13)10-15(14)28-35(31,32)11-20(21,22)23/h9-10,12,28H,4-8,11H2,1-3H3. The zero-order valence-electron chi connectivity index (χ0n) is 19.3. The average molecular weight is 535 g/mol. The van der Waals surface area contributed by atoms with Gasteiger partial charge < -0.3 is 9.64 Å². The molecule has 2 heterocycles. The Balaban J connectivity index is 1.96. The zero-order chi connectivity index (χ0) is 25.8. The highest BCUT2D eigenvalue weighted by atomic mass is 32.2. The van der Waals surface area contributed by atoms with Gasteiger partial charge in [-0.05, 0) is 50.8 Å². The molecule has 1 N–H and O–H groups in total. The van der Waals surface area contributed by atoms with E-state index < -0.39 is 27.9 Å². The summed E-state index contributed by atoms with van der Waals surface area (Å²) in [6.07, 6.45) is -2.75. The number of rotatable bonds is 9. The highest BCUT2D eigenvalue weighted by Gasteiger charge is 2.36. The third-order valence-electron chi connectivity index (χ3n) is 4.86. The van der Waals surface area contributed by atoms with Gasteiger partial charge in [-0.3, -0.25) is 4.72 Å². The number of azo groups is 1. The molecule has 35 heavy (non-hydrogen) atoms. The van der Waals surface area contributed by atoms with Crippen molar-refractivity contribution < 1.29 is 31.1 Å². The number of sulfonamides is 1. The fraction of sp³-hybridized carbons (Fsp3) is 0.550.